The van der Waals surface area contributed by atoms with Crippen molar-refractivity contribution in [3.8, 4) is 11.6 Å². The van der Waals surface area contributed by atoms with E-state index in [2.05, 4.69) is 25.0 Å². The number of hydrogen-bond donors (Lipinski definition) is 1. The van der Waals surface area contributed by atoms with Crippen LogP contribution in [0.3, 0.4) is 0 Å². The number of allylic oxidation sites excluding steroid dienone is 1. The number of aromatic nitrogens is 2. The Labute approximate surface area is 191 Å². The first-order valence-electron chi connectivity index (χ1n) is 10.7. The summed E-state index contributed by atoms with van der Waals surface area (Å²) in [6.07, 6.45) is 3.85. The maximum atomic E-state index is 15.0. The van der Waals surface area contributed by atoms with Crippen molar-refractivity contribution in [2.24, 2.45) is 0 Å². The summed E-state index contributed by atoms with van der Waals surface area (Å²) in [5, 5.41) is 3.19. The third-order valence-corrected chi connectivity index (χ3v) is 5.69. The van der Waals surface area contributed by atoms with Crippen LogP contribution in [0.15, 0.2) is 48.3 Å². The van der Waals surface area contributed by atoms with E-state index in [1.165, 1.54) is 6.33 Å². The van der Waals surface area contributed by atoms with Crippen molar-refractivity contribution in [3.05, 3.63) is 76.7 Å². The summed E-state index contributed by atoms with van der Waals surface area (Å²) < 4.78 is 26.2. The lowest BCUT2D eigenvalue weighted by Crippen LogP contribution is -2.36. The Bertz CT molecular complexity index is 1280. The molecule has 33 heavy (non-hydrogen) atoms. The van der Waals surface area contributed by atoms with Gasteiger partial charge in [-0.3, -0.25) is 0 Å². The predicted molar refractivity (Wildman–Crippen MR) is 125 cm³/mol. The van der Waals surface area contributed by atoms with Crippen LogP contribution < -0.4 is 15.0 Å². The fraction of sp³-hybridized carbons (Fsp3) is 0.240. The zero-order valence-corrected chi connectivity index (χ0v) is 18.1. The van der Waals surface area contributed by atoms with Crippen molar-refractivity contribution in [2.75, 3.05) is 36.5 Å². The van der Waals surface area contributed by atoms with Crippen LogP contribution in [0.25, 0.3) is 10.9 Å². The minimum absolute atomic E-state index is 0.00406. The van der Waals surface area contributed by atoms with E-state index in [0.29, 0.717) is 24.6 Å². The number of hydrogen-bond acceptors (Lipinski definition) is 6. The minimum Gasteiger partial charge on any atom is -0.446 e. The van der Waals surface area contributed by atoms with E-state index < -0.39 is 5.82 Å². The summed E-state index contributed by atoms with van der Waals surface area (Å²) >= 11 is 0. The van der Waals surface area contributed by atoms with E-state index in [-0.39, 0.29) is 17.3 Å². The molecule has 1 aliphatic carbocycles. The number of benzene rings is 2. The lowest BCUT2D eigenvalue weighted by Gasteiger charge is -2.29. The van der Waals surface area contributed by atoms with Gasteiger partial charge in [-0.1, -0.05) is 23.8 Å². The van der Waals surface area contributed by atoms with Gasteiger partial charge in [-0.15, -0.1) is 0 Å². The van der Waals surface area contributed by atoms with E-state index >= 15 is 4.39 Å². The summed E-state index contributed by atoms with van der Waals surface area (Å²) in [6.45, 7) is 12.7. The highest BCUT2D eigenvalue weighted by atomic mass is 19.1. The first kappa shape index (κ1) is 20.9. The summed E-state index contributed by atoms with van der Waals surface area (Å²) in [6, 6.07) is 11.3. The van der Waals surface area contributed by atoms with E-state index in [9.17, 15) is 0 Å². The highest BCUT2D eigenvalue weighted by Gasteiger charge is 2.21. The molecule has 1 saturated heterocycles. The van der Waals surface area contributed by atoms with Crippen molar-refractivity contribution in [1.29, 1.82) is 0 Å². The first-order chi connectivity index (χ1) is 16.1. The summed E-state index contributed by atoms with van der Waals surface area (Å²) in [4.78, 5) is 14.1. The van der Waals surface area contributed by atoms with Gasteiger partial charge in [0.1, 0.15) is 12.1 Å². The van der Waals surface area contributed by atoms with Gasteiger partial charge in [0.25, 0.3) is 5.69 Å². The minimum atomic E-state index is -0.452. The molecule has 166 valence electrons. The number of rotatable bonds is 5. The highest BCUT2D eigenvalue weighted by molar-refractivity contribution is 5.76. The van der Waals surface area contributed by atoms with Crippen LogP contribution >= 0.6 is 0 Å². The van der Waals surface area contributed by atoms with E-state index in [1.54, 1.807) is 6.07 Å². The predicted octanol–water partition coefficient (Wildman–Crippen LogP) is 5.50. The molecule has 5 rings (SSSR count). The van der Waals surface area contributed by atoms with Crippen LogP contribution in [0, 0.1) is 12.4 Å². The number of nitrogens with one attached hydrogen (secondary N) is 1. The molecule has 0 bridgehead atoms. The molecule has 2 aromatic carbocycles. The number of anilines is 3. The Balaban J connectivity index is 1.42. The zero-order chi connectivity index (χ0) is 22.8. The zero-order valence-electron chi connectivity index (χ0n) is 18.1. The maximum absolute atomic E-state index is 15.0. The first-order valence-corrected chi connectivity index (χ1v) is 10.7. The quantitative estimate of drug-likeness (QED) is 0.526. The molecule has 1 N–H and O–H groups in total. The normalized spacial score (nSPS) is 14.9. The van der Waals surface area contributed by atoms with Crippen LogP contribution in [0.1, 0.15) is 18.1 Å². The smallest absolute Gasteiger partial charge is 0.288 e. The van der Waals surface area contributed by atoms with Gasteiger partial charge in [-0.05, 0) is 43.2 Å². The summed E-state index contributed by atoms with van der Waals surface area (Å²) in [5.41, 5.74) is 4.46. The number of morpholine rings is 1. The van der Waals surface area contributed by atoms with Gasteiger partial charge in [-0.25, -0.2) is 19.2 Å². The van der Waals surface area contributed by atoms with Gasteiger partial charge in [0.2, 0.25) is 5.88 Å². The van der Waals surface area contributed by atoms with Gasteiger partial charge in [0.05, 0.1) is 19.8 Å². The number of fused-ring (bicyclic) bond motifs is 1. The van der Waals surface area contributed by atoms with Crippen LogP contribution in [0.2, 0.25) is 0 Å². The summed E-state index contributed by atoms with van der Waals surface area (Å²) in [7, 11) is 0. The van der Waals surface area contributed by atoms with Gasteiger partial charge in [0, 0.05) is 30.0 Å². The largest absolute Gasteiger partial charge is 0.446 e. The van der Waals surface area contributed by atoms with Gasteiger partial charge < -0.3 is 19.7 Å². The Hall–Kier alpha value is -3.96. The molecular formula is C25H22FN5O2. The Morgan fingerprint density at radius 1 is 1.18 bits per heavy atom. The molecule has 0 spiro atoms. The summed E-state index contributed by atoms with van der Waals surface area (Å²) in [5.74, 6) is -0.119. The molecule has 7 nitrogen and oxygen atoms in total. The Kier molecular flexibility index (Phi) is 5.63. The molecule has 3 aromatic rings. The van der Waals surface area contributed by atoms with Crippen LogP contribution in [0.5, 0.6) is 11.6 Å². The molecule has 2 heterocycles. The average molecular weight is 443 g/mol. The Morgan fingerprint density at radius 3 is 2.85 bits per heavy atom. The van der Waals surface area contributed by atoms with Gasteiger partial charge in [0.15, 0.2) is 11.6 Å². The molecule has 2 aliphatic rings. The molecule has 0 unspecified atom stereocenters. The van der Waals surface area contributed by atoms with Crippen molar-refractivity contribution in [3.63, 3.8) is 0 Å². The standard InChI is InChI=1S/C25H22FN5O2/c1-16-12-17-6-7-21(22(26)20(17)13-16)33-25-23(27-2)24(28-15-29-25)30-18-4-3-5-19(14-18)31-8-10-32-11-9-31/h3-7,13-15H,8-12H2,1H3,(H,28,29,30). The molecule has 1 aliphatic heterocycles. The van der Waals surface area contributed by atoms with Gasteiger partial charge >= 0.3 is 0 Å². The number of nitrogens with zero attached hydrogens (tertiary/aromatic N) is 4. The fourth-order valence-corrected chi connectivity index (χ4v) is 4.07. The lowest BCUT2D eigenvalue weighted by atomic mass is 10.1. The van der Waals surface area contributed by atoms with Gasteiger partial charge in [-0.2, -0.15) is 0 Å². The van der Waals surface area contributed by atoms with Crippen LogP contribution in [-0.2, 0) is 11.2 Å². The van der Waals surface area contributed by atoms with Crippen LogP contribution in [-0.4, -0.2) is 36.3 Å². The highest BCUT2D eigenvalue weighted by Crippen LogP contribution is 2.39. The fourth-order valence-electron chi connectivity index (χ4n) is 4.07. The van der Waals surface area contributed by atoms with E-state index in [0.717, 1.165) is 42.0 Å². The topological polar surface area (TPSA) is 63.9 Å². The molecule has 1 fully saturated rings. The van der Waals surface area contributed by atoms with Crippen molar-refractivity contribution < 1.29 is 13.9 Å². The lowest BCUT2D eigenvalue weighted by molar-refractivity contribution is 0.122. The van der Waals surface area contributed by atoms with E-state index in [1.807, 2.05) is 43.3 Å². The van der Waals surface area contributed by atoms with Crippen molar-refractivity contribution >= 4 is 29.0 Å². The van der Waals surface area contributed by atoms with Crippen molar-refractivity contribution in [1.82, 2.24) is 9.97 Å². The second kappa shape index (κ2) is 8.88. The molecule has 0 amide bonds. The second-order valence-electron chi connectivity index (χ2n) is 7.98. The third kappa shape index (κ3) is 4.23. The molecule has 0 saturated carbocycles. The van der Waals surface area contributed by atoms with Crippen molar-refractivity contribution in [2.45, 2.75) is 13.3 Å². The third-order valence-electron chi connectivity index (χ3n) is 5.69. The molecule has 0 radical (unpaired) electrons. The second-order valence-corrected chi connectivity index (χ2v) is 7.98. The molecule has 0 atom stereocenters. The maximum Gasteiger partial charge on any atom is 0.288 e. The van der Waals surface area contributed by atoms with E-state index in [4.69, 9.17) is 16.0 Å². The monoisotopic (exact) mass is 443 g/mol. The molecule has 8 heteroatoms. The average Bonchev–Trinajstić information content (AvgIpc) is 3.23. The van der Waals surface area contributed by atoms with Crippen LogP contribution in [0.4, 0.5) is 27.3 Å². The number of halogens is 1. The molecule has 1 aromatic heterocycles. The SMILES string of the molecule is [C-]#[N+]c1c(Nc2cccc(N3CCOCC3)c2)ncnc1Oc1ccc2c(c1F)C=C(C)C2. The molecular weight excluding hydrogens is 421 g/mol. The number of ether oxygens (including phenoxy) is 2. The Morgan fingerprint density at radius 2 is 2.03 bits per heavy atom.